The standard InChI is InChI=1S/C34H29N3O2/c1-2-25-14-9-11-22-31(25)36-33(38)26-15-13-16-27(24-26)35-34(39)30-21-10-12-23-32(30)37(28-17-5-3-6-18-28)29-19-7-4-8-20-29/h3-24H,2H2,1H3,(H,35,39)(H,36,38). The lowest BCUT2D eigenvalue weighted by atomic mass is 10.1. The average molecular weight is 512 g/mol. The summed E-state index contributed by atoms with van der Waals surface area (Å²) in [6.07, 6.45) is 0.814. The Morgan fingerprint density at radius 1 is 0.615 bits per heavy atom. The molecule has 39 heavy (non-hydrogen) atoms. The van der Waals surface area contributed by atoms with Crippen LogP contribution in [0.15, 0.2) is 133 Å². The number of anilines is 5. The normalized spacial score (nSPS) is 10.5. The van der Waals surface area contributed by atoms with Crippen molar-refractivity contribution in [3.63, 3.8) is 0 Å². The van der Waals surface area contributed by atoms with Crippen LogP contribution in [0.5, 0.6) is 0 Å². The molecular formula is C34H29N3O2. The number of benzene rings is 5. The number of carbonyl (C=O) groups is 2. The average Bonchev–Trinajstić information content (AvgIpc) is 2.99. The molecule has 5 heteroatoms. The molecule has 0 aliphatic heterocycles. The van der Waals surface area contributed by atoms with Crippen LogP contribution in [0.3, 0.4) is 0 Å². The van der Waals surface area contributed by atoms with Crippen LogP contribution in [0.4, 0.5) is 28.4 Å². The highest BCUT2D eigenvalue weighted by atomic mass is 16.2. The number of carbonyl (C=O) groups excluding carboxylic acids is 2. The van der Waals surface area contributed by atoms with Gasteiger partial charge in [-0.2, -0.15) is 0 Å². The van der Waals surface area contributed by atoms with Gasteiger partial charge >= 0.3 is 0 Å². The Balaban J connectivity index is 1.42. The van der Waals surface area contributed by atoms with E-state index in [1.807, 2.05) is 109 Å². The summed E-state index contributed by atoms with van der Waals surface area (Å²) >= 11 is 0. The summed E-state index contributed by atoms with van der Waals surface area (Å²) < 4.78 is 0. The summed E-state index contributed by atoms with van der Waals surface area (Å²) in [5.74, 6) is -0.497. The van der Waals surface area contributed by atoms with Crippen molar-refractivity contribution in [3.8, 4) is 0 Å². The van der Waals surface area contributed by atoms with Gasteiger partial charge in [0, 0.05) is 28.3 Å². The van der Waals surface area contributed by atoms with Crippen LogP contribution in [-0.4, -0.2) is 11.8 Å². The Labute approximate surface area is 228 Å². The third-order valence-corrected chi connectivity index (χ3v) is 6.45. The third-order valence-electron chi connectivity index (χ3n) is 6.45. The summed E-state index contributed by atoms with van der Waals surface area (Å²) in [7, 11) is 0. The van der Waals surface area contributed by atoms with Crippen molar-refractivity contribution in [3.05, 3.63) is 150 Å². The van der Waals surface area contributed by atoms with Crippen LogP contribution < -0.4 is 15.5 Å². The van der Waals surface area contributed by atoms with Gasteiger partial charge in [-0.3, -0.25) is 9.59 Å². The number of nitrogens with zero attached hydrogens (tertiary/aromatic N) is 1. The molecule has 0 aliphatic carbocycles. The predicted molar refractivity (Wildman–Crippen MR) is 159 cm³/mol. The molecule has 5 rings (SSSR count). The number of amides is 2. The van der Waals surface area contributed by atoms with Crippen molar-refractivity contribution in [2.75, 3.05) is 15.5 Å². The minimum absolute atomic E-state index is 0.230. The molecular weight excluding hydrogens is 482 g/mol. The third kappa shape index (κ3) is 5.89. The monoisotopic (exact) mass is 511 g/mol. The van der Waals surface area contributed by atoms with Crippen LogP contribution in [-0.2, 0) is 6.42 Å². The van der Waals surface area contributed by atoms with Gasteiger partial charge in [-0.1, -0.05) is 79.7 Å². The Hall–Kier alpha value is -5.16. The zero-order valence-electron chi connectivity index (χ0n) is 21.7. The highest BCUT2D eigenvalue weighted by Crippen LogP contribution is 2.36. The van der Waals surface area contributed by atoms with Gasteiger partial charge in [0.2, 0.25) is 0 Å². The number of aryl methyl sites for hydroxylation is 1. The first-order chi connectivity index (χ1) is 19.1. The first-order valence-corrected chi connectivity index (χ1v) is 12.9. The fraction of sp³-hybridized carbons (Fsp3) is 0.0588. The van der Waals surface area contributed by atoms with Crippen LogP contribution in [0, 0.1) is 0 Å². The summed E-state index contributed by atoms with van der Waals surface area (Å²) in [4.78, 5) is 28.7. The van der Waals surface area contributed by atoms with Crippen molar-refractivity contribution in [1.82, 2.24) is 0 Å². The van der Waals surface area contributed by atoms with Gasteiger partial charge in [-0.25, -0.2) is 0 Å². The second kappa shape index (κ2) is 11.9. The molecule has 0 aliphatic rings. The molecule has 0 radical (unpaired) electrons. The molecule has 0 heterocycles. The molecule has 5 aromatic carbocycles. The predicted octanol–water partition coefficient (Wildman–Crippen LogP) is 8.22. The number of rotatable bonds is 8. The molecule has 0 aromatic heterocycles. The van der Waals surface area contributed by atoms with E-state index in [0.29, 0.717) is 16.8 Å². The van der Waals surface area contributed by atoms with Gasteiger partial charge in [-0.05, 0) is 72.6 Å². The van der Waals surface area contributed by atoms with Crippen LogP contribution in [0.25, 0.3) is 0 Å². The summed E-state index contributed by atoms with van der Waals surface area (Å²) in [5, 5.41) is 5.98. The smallest absolute Gasteiger partial charge is 0.257 e. The molecule has 5 aromatic rings. The lowest BCUT2D eigenvalue weighted by Crippen LogP contribution is -2.19. The molecule has 0 atom stereocenters. The quantitative estimate of drug-likeness (QED) is 0.221. The van der Waals surface area contributed by atoms with E-state index in [0.717, 1.165) is 34.7 Å². The Bertz CT molecular complexity index is 1540. The van der Waals surface area contributed by atoms with E-state index in [-0.39, 0.29) is 11.8 Å². The summed E-state index contributed by atoms with van der Waals surface area (Å²) in [6, 6.07) is 42.1. The lowest BCUT2D eigenvalue weighted by molar-refractivity contribution is 0.101. The molecule has 0 saturated carbocycles. The van der Waals surface area contributed by atoms with E-state index in [2.05, 4.69) is 22.5 Å². The van der Waals surface area contributed by atoms with E-state index in [1.54, 1.807) is 24.3 Å². The van der Waals surface area contributed by atoms with Crippen molar-refractivity contribution in [2.24, 2.45) is 0 Å². The molecule has 0 spiro atoms. The lowest BCUT2D eigenvalue weighted by Gasteiger charge is -2.27. The molecule has 2 amide bonds. The molecule has 2 N–H and O–H groups in total. The Morgan fingerprint density at radius 3 is 1.92 bits per heavy atom. The van der Waals surface area contributed by atoms with Crippen molar-refractivity contribution in [2.45, 2.75) is 13.3 Å². The van der Waals surface area contributed by atoms with Crippen LogP contribution in [0.1, 0.15) is 33.2 Å². The minimum Gasteiger partial charge on any atom is -0.322 e. The second-order valence-electron chi connectivity index (χ2n) is 9.02. The fourth-order valence-electron chi connectivity index (χ4n) is 4.52. The number of hydrogen-bond acceptors (Lipinski definition) is 3. The van der Waals surface area contributed by atoms with Gasteiger partial charge in [-0.15, -0.1) is 0 Å². The topological polar surface area (TPSA) is 61.4 Å². The van der Waals surface area contributed by atoms with E-state index in [4.69, 9.17) is 0 Å². The van der Waals surface area contributed by atoms with E-state index in [9.17, 15) is 9.59 Å². The molecule has 5 nitrogen and oxygen atoms in total. The van der Waals surface area contributed by atoms with Crippen molar-refractivity contribution < 1.29 is 9.59 Å². The highest BCUT2D eigenvalue weighted by molar-refractivity contribution is 6.10. The maximum atomic E-state index is 13.6. The van der Waals surface area contributed by atoms with E-state index < -0.39 is 0 Å². The molecule has 0 fully saturated rings. The van der Waals surface area contributed by atoms with Crippen LogP contribution >= 0.6 is 0 Å². The first kappa shape index (κ1) is 25.5. The van der Waals surface area contributed by atoms with E-state index in [1.165, 1.54) is 0 Å². The van der Waals surface area contributed by atoms with E-state index >= 15 is 0 Å². The van der Waals surface area contributed by atoms with Crippen molar-refractivity contribution >= 4 is 40.3 Å². The zero-order valence-corrected chi connectivity index (χ0v) is 21.7. The van der Waals surface area contributed by atoms with Crippen molar-refractivity contribution in [1.29, 1.82) is 0 Å². The Morgan fingerprint density at radius 2 is 1.23 bits per heavy atom. The molecule has 192 valence electrons. The van der Waals surface area contributed by atoms with Crippen LogP contribution in [0.2, 0.25) is 0 Å². The maximum absolute atomic E-state index is 13.6. The van der Waals surface area contributed by atoms with Gasteiger partial charge < -0.3 is 15.5 Å². The largest absolute Gasteiger partial charge is 0.322 e. The first-order valence-electron chi connectivity index (χ1n) is 12.9. The maximum Gasteiger partial charge on any atom is 0.257 e. The highest BCUT2D eigenvalue weighted by Gasteiger charge is 2.20. The number of nitrogens with one attached hydrogen (secondary N) is 2. The minimum atomic E-state index is -0.267. The SMILES string of the molecule is CCc1ccccc1NC(=O)c1cccc(NC(=O)c2ccccc2N(c2ccccc2)c2ccccc2)c1. The molecule has 0 saturated heterocycles. The second-order valence-corrected chi connectivity index (χ2v) is 9.02. The summed E-state index contributed by atoms with van der Waals surface area (Å²) in [6.45, 7) is 2.05. The number of para-hydroxylation sites is 4. The van der Waals surface area contributed by atoms with Gasteiger partial charge in [0.1, 0.15) is 0 Å². The zero-order chi connectivity index (χ0) is 27.0. The molecule has 0 bridgehead atoms. The van der Waals surface area contributed by atoms with Gasteiger partial charge in [0.05, 0.1) is 11.3 Å². The molecule has 0 unspecified atom stereocenters. The Kier molecular flexibility index (Phi) is 7.79. The van der Waals surface area contributed by atoms with Gasteiger partial charge in [0.25, 0.3) is 11.8 Å². The fourth-order valence-corrected chi connectivity index (χ4v) is 4.52. The van der Waals surface area contributed by atoms with Gasteiger partial charge in [0.15, 0.2) is 0 Å². The number of hydrogen-bond donors (Lipinski definition) is 2. The summed E-state index contributed by atoms with van der Waals surface area (Å²) in [5.41, 5.74) is 5.99.